The van der Waals surface area contributed by atoms with Gasteiger partial charge in [-0.3, -0.25) is 0 Å². The van der Waals surface area contributed by atoms with Crippen LogP contribution in [0.1, 0.15) is 29.7 Å². The minimum atomic E-state index is 0.153. The van der Waals surface area contributed by atoms with E-state index in [1.54, 1.807) is 11.3 Å². The van der Waals surface area contributed by atoms with E-state index in [1.165, 1.54) is 11.1 Å². The monoisotopic (exact) mass is 421 g/mol. The number of thiophene rings is 1. The van der Waals surface area contributed by atoms with Gasteiger partial charge in [0.05, 0.1) is 13.6 Å². The highest BCUT2D eigenvalue weighted by Gasteiger charge is 2.18. The number of nitrogens with one attached hydrogen (secondary N) is 1. The lowest BCUT2D eigenvalue weighted by molar-refractivity contribution is 0.630. The highest BCUT2D eigenvalue weighted by molar-refractivity contribution is 9.12. The summed E-state index contributed by atoms with van der Waals surface area (Å²) in [6.45, 7) is 5.03. The molecule has 1 heterocycles. The average molecular weight is 424 g/mol. The molecule has 1 atom stereocenters. The third-order valence-corrected chi connectivity index (χ3v) is 5.72. The first-order valence-electron chi connectivity index (χ1n) is 5.97. The predicted octanol–water partition coefficient (Wildman–Crippen LogP) is 5.93. The van der Waals surface area contributed by atoms with Gasteiger partial charge in [0.15, 0.2) is 0 Å². The van der Waals surface area contributed by atoms with Gasteiger partial charge in [-0.1, -0.05) is 30.7 Å². The van der Waals surface area contributed by atoms with E-state index in [1.807, 2.05) is 13.0 Å². The Kier molecular flexibility index (Phi) is 5.49. The molecule has 0 aliphatic heterocycles. The first-order chi connectivity index (χ1) is 9.02. The lowest BCUT2D eigenvalue weighted by atomic mass is 10.00. The molecule has 19 heavy (non-hydrogen) atoms. The van der Waals surface area contributed by atoms with Crippen molar-refractivity contribution in [2.45, 2.75) is 19.9 Å². The van der Waals surface area contributed by atoms with Gasteiger partial charge in [-0.05, 0) is 74.2 Å². The summed E-state index contributed by atoms with van der Waals surface area (Å²) in [5.41, 5.74) is 3.52. The molecule has 0 saturated heterocycles. The number of hydrogen-bond donors (Lipinski definition) is 1. The summed E-state index contributed by atoms with van der Waals surface area (Å²) in [4.78, 5) is 0. The molecule has 5 heteroatoms. The number of halogens is 3. The van der Waals surface area contributed by atoms with Gasteiger partial charge in [-0.25, -0.2) is 0 Å². The van der Waals surface area contributed by atoms with Crippen LogP contribution in [0, 0.1) is 6.92 Å². The van der Waals surface area contributed by atoms with Crippen molar-refractivity contribution in [3.63, 3.8) is 0 Å². The van der Waals surface area contributed by atoms with E-state index >= 15 is 0 Å². The second-order valence-electron chi connectivity index (χ2n) is 4.28. The van der Waals surface area contributed by atoms with E-state index in [2.05, 4.69) is 62.3 Å². The highest BCUT2D eigenvalue weighted by Crippen LogP contribution is 2.38. The minimum absolute atomic E-state index is 0.153. The third kappa shape index (κ3) is 3.61. The molecule has 2 rings (SSSR count). The zero-order valence-electron chi connectivity index (χ0n) is 10.6. The quantitative estimate of drug-likeness (QED) is 0.642. The largest absolute Gasteiger partial charge is 0.306 e. The van der Waals surface area contributed by atoms with E-state index in [-0.39, 0.29) is 6.04 Å². The average Bonchev–Trinajstić information content (AvgIpc) is 2.69. The van der Waals surface area contributed by atoms with Gasteiger partial charge in [0, 0.05) is 5.02 Å². The molecule has 1 aromatic carbocycles. The molecule has 1 N–H and O–H groups in total. The van der Waals surface area contributed by atoms with Gasteiger partial charge in [-0.15, -0.1) is 11.3 Å². The topological polar surface area (TPSA) is 12.0 Å². The number of hydrogen-bond acceptors (Lipinski definition) is 2. The van der Waals surface area contributed by atoms with Crippen molar-refractivity contribution in [1.82, 2.24) is 5.32 Å². The molecule has 0 aliphatic rings. The van der Waals surface area contributed by atoms with E-state index in [9.17, 15) is 0 Å². The molecular weight excluding hydrogens is 409 g/mol. The molecule has 1 unspecified atom stereocenters. The summed E-state index contributed by atoms with van der Waals surface area (Å²) in [6, 6.07) is 8.54. The summed E-state index contributed by atoms with van der Waals surface area (Å²) >= 11 is 15.1. The minimum Gasteiger partial charge on any atom is -0.306 e. The van der Waals surface area contributed by atoms with Crippen LogP contribution in [0.2, 0.25) is 5.02 Å². The maximum Gasteiger partial charge on any atom is 0.0761 e. The Morgan fingerprint density at radius 1 is 1.32 bits per heavy atom. The van der Waals surface area contributed by atoms with Crippen molar-refractivity contribution < 1.29 is 0 Å². The third-order valence-electron chi connectivity index (χ3n) is 2.93. The normalized spacial score (nSPS) is 12.7. The van der Waals surface area contributed by atoms with Crippen molar-refractivity contribution in [3.05, 3.63) is 53.6 Å². The fourth-order valence-corrected chi connectivity index (χ4v) is 5.04. The predicted molar refractivity (Wildman–Crippen MR) is 91.4 cm³/mol. The van der Waals surface area contributed by atoms with Gasteiger partial charge in [-0.2, -0.15) is 0 Å². The molecule has 1 aromatic heterocycles. The summed E-state index contributed by atoms with van der Waals surface area (Å²) in [5.74, 6) is 0. The van der Waals surface area contributed by atoms with E-state index in [0.29, 0.717) is 0 Å². The van der Waals surface area contributed by atoms with Gasteiger partial charge < -0.3 is 5.32 Å². The molecule has 0 spiro atoms. The molecule has 2 aromatic rings. The molecule has 0 aliphatic carbocycles. The number of benzene rings is 1. The molecule has 0 radical (unpaired) electrons. The van der Waals surface area contributed by atoms with Crippen molar-refractivity contribution in [2.75, 3.05) is 6.54 Å². The number of aryl methyl sites for hydroxylation is 1. The Hall–Kier alpha value is 0.130. The SMILES string of the molecule is CCNC(c1ccc(C)c(Cl)c1)c1cc(Br)sc1Br. The zero-order chi connectivity index (χ0) is 14.0. The molecule has 1 nitrogen and oxygen atoms in total. The van der Waals surface area contributed by atoms with E-state index in [0.717, 1.165) is 24.7 Å². The van der Waals surface area contributed by atoms with Crippen LogP contribution >= 0.6 is 54.8 Å². The van der Waals surface area contributed by atoms with Crippen molar-refractivity contribution in [1.29, 1.82) is 0 Å². The summed E-state index contributed by atoms with van der Waals surface area (Å²) in [5, 5.41) is 4.32. The smallest absolute Gasteiger partial charge is 0.0761 e. The Morgan fingerprint density at radius 3 is 2.58 bits per heavy atom. The van der Waals surface area contributed by atoms with Crippen LogP contribution in [-0.2, 0) is 0 Å². The summed E-state index contributed by atoms with van der Waals surface area (Å²) in [7, 11) is 0. The lowest BCUT2D eigenvalue weighted by Gasteiger charge is -2.19. The van der Waals surface area contributed by atoms with Crippen LogP contribution < -0.4 is 5.32 Å². The Morgan fingerprint density at radius 2 is 2.05 bits per heavy atom. The second-order valence-corrected chi connectivity index (χ2v) is 8.44. The highest BCUT2D eigenvalue weighted by atomic mass is 79.9. The van der Waals surface area contributed by atoms with Gasteiger partial charge >= 0.3 is 0 Å². The molecular formula is C14H14Br2ClNS. The van der Waals surface area contributed by atoms with Crippen LogP contribution in [0.15, 0.2) is 31.8 Å². The van der Waals surface area contributed by atoms with Gasteiger partial charge in [0.1, 0.15) is 0 Å². The second kappa shape index (κ2) is 6.72. The van der Waals surface area contributed by atoms with Crippen molar-refractivity contribution in [2.24, 2.45) is 0 Å². The van der Waals surface area contributed by atoms with Crippen molar-refractivity contribution >= 4 is 54.8 Å². The molecule has 102 valence electrons. The lowest BCUT2D eigenvalue weighted by Crippen LogP contribution is -2.21. The van der Waals surface area contributed by atoms with E-state index in [4.69, 9.17) is 11.6 Å². The maximum atomic E-state index is 6.24. The van der Waals surface area contributed by atoms with Gasteiger partial charge in [0.2, 0.25) is 0 Å². The summed E-state index contributed by atoms with van der Waals surface area (Å²) in [6.07, 6.45) is 0. The van der Waals surface area contributed by atoms with Crippen LogP contribution in [0.25, 0.3) is 0 Å². The van der Waals surface area contributed by atoms with Crippen LogP contribution in [-0.4, -0.2) is 6.54 Å². The molecule has 0 bridgehead atoms. The summed E-state index contributed by atoms with van der Waals surface area (Å²) < 4.78 is 2.26. The zero-order valence-corrected chi connectivity index (χ0v) is 15.4. The van der Waals surface area contributed by atoms with Crippen LogP contribution in [0.3, 0.4) is 0 Å². The Balaban J connectivity index is 2.44. The Labute approximate surface area is 139 Å². The molecule has 0 fully saturated rings. The van der Waals surface area contributed by atoms with Crippen LogP contribution in [0.4, 0.5) is 0 Å². The van der Waals surface area contributed by atoms with Crippen molar-refractivity contribution in [3.8, 4) is 0 Å². The van der Waals surface area contributed by atoms with E-state index < -0.39 is 0 Å². The fourth-order valence-electron chi connectivity index (χ4n) is 1.95. The van der Waals surface area contributed by atoms with Crippen LogP contribution in [0.5, 0.6) is 0 Å². The maximum absolute atomic E-state index is 6.24. The number of rotatable bonds is 4. The molecule has 0 amide bonds. The first kappa shape index (κ1) is 15.5. The standard InChI is InChI=1S/C14H14Br2ClNS/c1-3-18-13(10-7-12(15)19-14(10)16)9-5-4-8(2)11(17)6-9/h4-7,13,18H,3H2,1-2H3. The molecule has 0 saturated carbocycles. The first-order valence-corrected chi connectivity index (χ1v) is 8.75. The Bertz CT molecular complexity index is 583. The fraction of sp³-hybridized carbons (Fsp3) is 0.286. The van der Waals surface area contributed by atoms with Gasteiger partial charge in [0.25, 0.3) is 0 Å².